The van der Waals surface area contributed by atoms with E-state index in [4.69, 9.17) is 14.2 Å². The lowest BCUT2D eigenvalue weighted by atomic mass is 9.85. The molecule has 10 heteroatoms. The Kier molecular flexibility index (Phi) is 6.93. The standard InChI is InChI=1S/C25H26F3NO6/c1-33-18-10-20(31)24(21(11-18)34-2)19(15-4-3-14-8-17(30)9-16(14)7-15)12-23(32)29-5-6-35-22(13-29)25(26,27)28/h3-4,7,10-11,19,22,31H,5-6,8-9,12-13H2,1-2H3. The van der Waals surface area contributed by atoms with Crippen LogP contribution in [0.1, 0.15) is 34.6 Å². The van der Waals surface area contributed by atoms with Crippen molar-refractivity contribution >= 4 is 11.7 Å². The highest BCUT2D eigenvalue weighted by molar-refractivity contribution is 5.88. The number of amides is 1. The molecule has 7 nitrogen and oxygen atoms in total. The summed E-state index contributed by atoms with van der Waals surface area (Å²) in [5, 5.41) is 10.9. The lowest BCUT2D eigenvalue weighted by Gasteiger charge is -2.35. The molecule has 0 saturated carbocycles. The van der Waals surface area contributed by atoms with Gasteiger partial charge in [0.15, 0.2) is 6.10 Å². The maximum atomic E-state index is 13.2. The fourth-order valence-electron chi connectivity index (χ4n) is 4.68. The summed E-state index contributed by atoms with van der Waals surface area (Å²) in [6, 6.07) is 8.36. The summed E-state index contributed by atoms with van der Waals surface area (Å²) in [4.78, 5) is 26.3. The molecule has 35 heavy (non-hydrogen) atoms. The molecule has 0 bridgehead atoms. The van der Waals surface area contributed by atoms with Crippen LogP contribution in [0, 0.1) is 0 Å². The van der Waals surface area contributed by atoms with Crippen molar-refractivity contribution in [3.63, 3.8) is 0 Å². The van der Waals surface area contributed by atoms with Gasteiger partial charge >= 0.3 is 6.18 Å². The van der Waals surface area contributed by atoms with Gasteiger partial charge < -0.3 is 24.2 Å². The number of carbonyl (C=O) groups excluding carboxylic acids is 2. The Balaban J connectivity index is 1.72. The van der Waals surface area contributed by atoms with Crippen molar-refractivity contribution in [2.24, 2.45) is 0 Å². The Morgan fingerprint density at radius 1 is 1.17 bits per heavy atom. The van der Waals surface area contributed by atoms with Crippen LogP contribution in [0.2, 0.25) is 0 Å². The van der Waals surface area contributed by atoms with Crippen LogP contribution in [0.4, 0.5) is 13.2 Å². The van der Waals surface area contributed by atoms with Crippen LogP contribution in [0.5, 0.6) is 17.2 Å². The Bertz CT molecular complexity index is 1130. The number of ketones is 1. The largest absolute Gasteiger partial charge is 0.507 e. The summed E-state index contributed by atoms with van der Waals surface area (Å²) in [6.45, 7) is -0.791. The van der Waals surface area contributed by atoms with Gasteiger partial charge in [0, 0.05) is 49.4 Å². The van der Waals surface area contributed by atoms with E-state index in [0.717, 1.165) is 16.0 Å². The molecule has 0 spiro atoms. The SMILES string of the molecule is COc1cc(O)c(C(CC(=O)N2CCOC(C(F)(F)F)C2)c2ccc3c(c2)CC(=O)C3)c(OC)c1. The Morgan fingerprint density at radius 2 is 1.91 bits per heavy atom. The van der Waals surface area contributed by atoms with Gasteiger partial charge in [-0.15, -0.1) is 0 Å². The number of fused-ring (bicyclic) bond motifs is 1. The average molecular weight is 493 g/mol. The summed E-state index contributed by atoms with van der Waals surface area (Å²) in [5.74, 6) is -0.731. The number of Topliss-reactive ketones (excluding diaryl/α,β-unsaturated/α-hetero) is 1. The van der Waals surface area contributed by atoms with Crippen LogP contribution in [-0.2, 0) is 27.2 Å². The lowest BCUT2D eigenvalue weighted by Crippen LogP contribution is -2.51. The number of benzene rings is 2. The third-order valence-electron chi connectivity index (χ3n) is 6.47. The van der Waals surface area contributed by atoms with E-state index in [1.807, 2.05) is 12.1 Å². The van der Waals surface area contributed by atoms with Gasteiger partial charge in [0.25, 0.3) is 0 Å². The Morgan fingerprint density at radius 3 is 2.60 bits per heavy atom. The number of hydrogen-bond acceptors (Lipinski definition) is 6. The summed E-state index contributed by atoms with van der Waals surface area (Å²) < 4.78 is 55.1. The number of aromatic hydroxyl groups is 1. The van der Waals surface area contributed by atoms with Gasteiger partial charge in [-0.2, -0.15) is 13.2 Å². The molecule has 1 N–H and O–H groups in total. The molecular formula is C25H26F3NO6. The first-order chi connectivity index (χ1) is 16.6. The normalized spacial score (nSPS) is 18.8. The number of nitrogens with zero attached hydrogens (tertiary/aromatic N) is 1. The van der Waals surface area contributed by atoms with E-state index in [2.05, 4.69) is 0 Å². The highest BCUT2D eigenvalue weighted by Gasteiger charge is 2.44. The third kappa shape index (κ3) is 5.22. The number of morpholine rings is 1. The molecule has 0 aromatic heterocycles. The zero-order valence-electron chi connectivity index (χ0n) is 19.4. The number of halogens is 3. The highest BCUT2D eigenvalue weighted by Crippen LogP contribution is 2.44. The summed E-state index contributed by atoms with van der Waals surface area (Å²) in [6.07, 6.45) is -6.24. The monoisotopic (exact) mass is 493 g/mol. The molecule has 2 atom stereocenters. The fourth-order valence-corrected chi connectivity index (χ4v) is 4.68. The zero-order chi connectivity index (χ0) is 25.3. The van der Waals surface area contributed by atoms with E-state index >= 15 is 0 Å². The minimum Gasteiger partial charge on any atom is -0.507 e. The highest BCUT2D eigenvalue weighted by atomic mass is 19.4. The second-order valence-electron chi connectivity index (χ2n) is 8.68. The Hall–Kier alpha value is -3.27. The van der Waals surface area contributed by atoms with Gasteiger partial charge in [-0.3, -0.25) is 9.59 Å². The van der Waals surface area contributed by atoms with E-state index in [1.165, 1.54) is 20.3 Å². The van der Waals surface area contributed by atoms with Crippen LogP contribution in [0.25, 0.3) is 0 Å². The lowest BCUT2D eigenvalue weighted by molar-refractivity contribution is -0.236. The molecule has 2 aliphatic rings. The number of phenolic OH excluding ortho intramolecular Hbond substituents is 1. The number of hydrogen-bond donors (Lipinski definition) is 1. The minimum absolute atomic E-state index is 0.0303. The molecule has 2 unspecified atom stereocenters. The number of ether oxygens (including phenoxy) is 3. The first-order valence-corrected chi connectivity index (χ1v) is 11.1. The maximum absolute atomic E-state index is 13.2. The zero-order valence-corrected chi connectivity index (χ0v) is 19.4. The van der Waals surface area contributed by atoms with Crippen molar-refractivity contribution in [2.45, 2.75) is 37.5 Å². The van der Waals surface area contributed by atoms with Gasteiger partial charge in [-0.05, 0) is 16.7 Å². The number of carbonyl (C=O) groups is 2. The molecule has 1 amide bonds. The summed E-state index contributed by atoms with van der Waals surface area (Å²) in [7, 11) is 2.84. The van der Waals surface area contributed by atoms with Crippen molar-refractivity contribution in [2.75, 3.05) is 33.9 Å². The van der Waals surface area contributed by atoms with E-state index in [-0.39, 0.29) is 43.3 Å². The van der Waals surface area contributed by atoms with Crippen molar-refractivity contribution in [3.05, 3.63) is 52.6 Å². The number of rotatable bonds is 6. The van der Waals surface area contributed by atoms with Crippen molar-refractivity contribution in [1.29, 1.82) is 0 Å². The molecule has 1 aliphatic carbocycles. The number of phenols is 1. The molecule has 4 rings (SSSR count). The topological polar surface area (TPSA) is 85.3 Å². The van der Waals surface area contributed by atoms with E-state index in [1.54, 1.807) is 12.1 Å². The quantitative estimate of drug-likeness (QED) is 0.664. The molecule has 2 aromatic carbocycles. The molecule has 1 fully saturated rings. The molecule has 188 valence electrons. The van der Waals surface area contributed by atoms with Gasteiger partial charge in [0.2, 0.25) is 5.91 Å². The van der Waals surface area contributed by atoms with Crippen LogP contribution in [0.15, 0.2) is 30.3 Å². The maximum Gasteiger partial charge on any atom is 0.416 e. The van der Waals surface area contributed by atoms with E-state index in [9.17, 15) is 27.9 Å². The van der Waals surface area contributed by atoms with Crippen molar-refractivity contribution in [3.8, 4) is 17.2 Å². The van der Waals surface area contributed by atoms with E-state index in [0.29, 0.717) is 23.3 Å². The molecule has 2 aromatic rings. The number of alkyl halides is 3. The number of methoxy groups -OCH3 is 2. The predicted molar refractivity (Wildman–Crippen MR) is 119 cm³/mol. The first-order valence-electron chi connectivity index (χ1n) is 11.1. The molecule has 0 radical (unpaired) electrons. The van der Waals surface area contributed by atoms with Crippen LogP contribution >= 0.6 is 0 Å². The Labute approximate surface area is 200 Å². The van der Waals surface area contributed by atoms with Crippen molar-refractivity contribution < 1.29 is 42.1 Å². The van der Waals surface area contributed by atoms with Gasteiger partial charge in [0.05, 0.1) is 27.4 Å². The van der Waals surface area contributed by atoms with Gasteiger partial charge in [0.1, 0.15) is 23.0 Å². The minimum atomic E-state index is -4.58. The van der Waals surface area contributed by atoms with Crippen LogP contribution < -0.4 is 9.47 Å². The molecule has 1 aliphatic heterocycles. The van der Waals surface area contributed by atoms with Gasteiger partial charge in [-0.25, -0.2) is 0 Å². The second kappa shape index (κ2) is 9.77. The third-order valence-corrected chi connectivity index (χ3v) is 6.47. The smallest absolute Gasteiger partial charge is 0.416 e. The predicted octanol–water partition coefficient (Wildman–Crippen LogP) is 3.39. The summed E-state index contributed by atoms with van der Waals surface area (Å²) >= 11 is 0. The van der Waals surface area contributed by atoms with Crippen molar-refractivity contribution in [1.82, 2.24) is 4.90 Å². The van der Waals surface area contributed by atoms with Crippen LogP contribution in [0.3, 0.4) is 0 Å². The average Bonchev–Trinajstić information content (AvgIpc) is 3.20. The molecular weight excluding hydrogens is 467 g/mol. The molecule has 1 heterocycles. The van der Waals surface area contributed by atoms with Crippen LogP contribution in [-0.4, -0.2) is 67.9 Å². The van der Waals surface area contributed by atoms with Gasteiger partial charge in [-0.1, -0.05) is 18.2 Å². The second-order valence-corrected chi connectivity index (χ2v) is 8.68. The summed E-state index contributed by atoms with van der Waals surface area (Å²) in [5.41, 5.74) is 2.69. The fraction of sp³-hybridized carbons (Fsp3) is 0.440. The van der Waals surface area contributed by atoms with E-state index < -0.39 is 30.7 Å². The first kappa shape index (κ1) is 24.8. The molecule has 1 saturated heterocycles.